The van der Waals surface area contributed by atoms with Crippen molar-refractivity contribution in [2.24, 2.45) is 5.92 Å². The second-order valence-corrected chi connectivity index (χ2v) is 12.9. The molecule has 0 N–H and O–H groups in total. The lowest BCUT2D eigenvalue weighted by Gasteiger charge is -2.24. The van der Waals surface area contributed by atoms with Gasteiger partial charge in [0.25, 0.3) is 0 Å². The van der Waals surface area contributed by atoms with Crippen molar-refractivity contribution in [3.8, 4) is 11.1 Å². The van der Waals surface area contributed by atoms with Crippen LogP contribution in [0, 0.1) is 5.92 Å². The molecule has 0 unspecified atom stereocenters. The zero-order valence-corrected chi connectivity index (χ0v) is 20.5. The number of thiophene rings is 1. The first kappa shape index (κ1) is 23.9. The summed E-state index contributed by atoms with van der Waals surface area (Å²) in [5, 5.41) is 2.06. The van der Waals surface area contributed by atoms with Crippen molar-refractivity contribution in [3.63, 3.8) is 0 Å². The van der Waals surface area contributed by atoms with E-state index in [1.165, 1.54) is 27.9 Å². The molecule has 6 nitrogen and oxygen atoms in total. The van der Waals surface area contributed by atoms with Gasteiger partial charge in [-0.1, -0.05) is 37.6 Å². The maximum absolute atomic E-state index is 13.3. The van der Waals surface area contributed by atoms with E-state index in [0.717, 1.165) is 16.7 Å². The summed E-state index contributed by atoms with van der Waals surface area (Å²) in [6.07, 6.45) is 4.04. The molecule has 0 aliphatic heterocycles. The maximum atomic E-state index is 13.3. The summed E-state index contributed by atoms with van der Waals surface area (Å²) < 4.78 is 51.7. The minimum atomic E-state index is -3.79. The predicted octanol–water partition coefficient (Wildman–Crippen LogP) is 4.71. The molecule has 0 saturated heterocycles. The molecule has 1 aromatic carbocycles. The van der Waals surface area contributed by atoms with Crippen LogP contribution in [0.5, 0.6) is 0 Å². The summed E-state index contributed by atoms with van der Waals surface area (Å²) in [6, 6.07) is 9.85. The van der Waals surface area contributed by atoms with Gasteiger partial charge < -0.3 is 0 Å². The molecule has 0 aliphatic rings. The molecule has 0 aliphatic carbocycles. The lowest BCUT2D eigenvalue weighted by atomic mass is 10.1. The standard InChI is InChI=1S/C21H23ClN2O4S3/c1-15(2)12-24(31(27,28)21-7-5-4-6-20(21)22)13-18-8-17(14-29-18)16-9-19(11-23-10-16)30(3,25)26/h4-11,14-15H,12-13H2,1-3H3. The number of hydrogen-bond donors (Lipinski definition) is 0. The second kappa shape index (κ2) is 9.38. The van der Waals surface area contributed by atoms with Crippen LogP contribution >= 0.6 is 22.9 Å². The first-order valence-corrected chi connectivity index (χ1v) is 14.0. The molecule has 2 heterocycles. The Kier molecular flexibility index (Phi) is 7.22. The monoisotopic (exact) mass is 498 g/mol. The summed E-state index contributed by atoms with van der Waals surface area (Å²) in [7, 11) is -7.16. The highest BCUT2D eigenvalue weighted by Gasteiger charge is 2.28. The Morgan fingerprint density at radius 1 is 1.06 bits per heavy atom. The Morgan fingerprint density at radius 3 is 2.42 bits per heavy atom. The van der Waals surface area contributed by atoms with Crippen molar-refractivity contribution in [1.82, 2.24) is 9.29 Å². The number of benzene rings is 1. The number of rotatable bonds is 8. The van der Waals surface area contributed by atoms with Gasteiger partial charge in [0.15, 0.2) is 9.84 Å². The van der Waals surface area contributed by atoms with Gasteiger partial charge >= 0.3 is 0 Å². The Labute approximate surface area is 192 Å². The normalized spacial score (nSPS) is 12.6. The fourth-order valence-electron chi connectivity index (χ4n) is 3.02. The highest BCUT2D eigenvalue weighted by atomic mass is 35.5. The summed E-state index contributed by atoms with van der Waals surface area (Å²) in [5.41, 5.74) is 1.45. The fraction of sp³-hybridized carbons (Fsp3) is 0.286. The van der Waals surface area contributed by atoms with Gasteiger partial charge in [0.05, 0.1) is 9.92 Å². The van der Waals surface area contributed by atoms with Crippen LogP contribution in [0.25, 0.3) is 11.1 Å². The van der Waals surface area contributed by atoms with E-state index in [-0.39, 0.29) is 27.3 Å². The third-order valence-corrected chi connectivity index (χ3v) is 8.80. The van der Waals surface area contributed by atoms with Crippen LogP contribution in [0.2, 0.25) is 5.02 Å². The number of halogens is 1. The third-order valence-electron chi connectivity index (χ3n) is 4.48. The molecule has 0 spiro atoms. The SMILES string of the molecule is CC(C)CN(Cc1cc(-c2cncc(S(C)(=O)=O)c2)cs1)S(=O)(=O)c1ccccc1Cl. The van der Waals surface area contributed by atoms with E-state index in [0.29, 0.717) is 12.1 Å². The lowest BCUT2D eigenvalue weighted by molar-refractivity contribution is 0.364. The average molecular weight is 499 g/mol. The Hall–Kier alpha value is -1.78. The van der Waals surface area contributed by atoms with E-state index >= 15 is 0 Å². The number of nitrogens with zero attached hydrogens (tertiary/aromatic N) is 2. The Morgan fingerprint density at radius 2 is 1.77 bits per heavy atom. The molecule has 3 rings (SSSR count). The molecule has 3 aromatic rings. The number of sulfonamides is 1. The minimum absolute atomic E-state index is 0.0825. The number of hydrogen-bond acceptors (Lipinski definition) is 6. The average Bonchev–Trinajstić information content (AvgIpc) is 3.15. The summed E-state index contributed by atoms with van der Waals surface area (Å²) in [4.78, 5) is 5.08. The molecule has 0 atom stereocenters. The van der Waals surface area contributed by atoms with Gasteiger partial charge in [0.1, 0.15) is 4.90 Å². The van der Waals surface area contributed by atoms with Crippen LogP contribution in [-0.2, 0) is 26.4 Å². The molecular formula is C21H23ClN2O4S3. The van der Waals surface area contributed by atoms with Crippen LogP contribution in [-0.4, -0.2) is 38.9 Å². The summed E-state index contributed by atoms with van der Waals surface area (Å²) in [5.74, 6) is 0.118. The highest BCUT2D eigenvalue weighted by molar-refractivity contribution is 7.90. The van der Waals surface area contributed by atoms with Crippen molar-refractivity contribution < 1.29 is 16.8 Å². The van der Waals surface area contributed by atoms with Gasteiger partial charge in [-0.2, -0.15) is 4.31 Å². The molecule has 31 heavy (non-hydrogen) atoms. The summed E-state index contributed by atoms with van der Waals surface area (Å²) in [6.45, 7) is 4.44. The lowest BCUT2D eigenvalue weighted by Crippen LogP contribution is -2.33. The minimum Gasteiger partial charge on any atom is -0.263 e. The van der Waals surface area contributed by atoms with Crippen LogP contribution in [0.15, 0.2) is 64.0 Å². The molecule has 0 fully saturated rings. The number of sulfone groups is 1. The van der Waals surface area contributed by atoms with Crippen molar-refractivity contribution in [1.29, 1.82) is 0 Å². The van der Waals surface area contributed by atoms with E-state index in [1.807, 2.05) is 25.3 Å². The second-order valence-electron chi connectivity index (χ2n) is 7.61. The highest BCUT2D eigenvalue weighted by Crippen LogP contribution is 2.30. The van der Waals surface area contributed by atoms with E-state index in [1.54, 1.807) is 30.5 Å². The zero-order chi connectivity index (χ0) is 22.8. The Bertz CT molecular complexity index is 1290. The topological polar surface area (TPSA) is 84.4 Å². The van der Waals surface area contributed by atoms with Gasteiger partial charge in [-0.25, -0.2) is 16.8 Å². The molecule has 0 saturated carbocycles. The molecule has 0 amide bonds. The molecule has 0 bridgehead atoms. The smallest absolute Gasteiger partial charge is 0.244 e. The van der Waals surface area contributed by atoms with E-state index in [9.17, 15) is 16.8 Å². The van der Waals surface area contributed by atoms with Crippen molar-refractivity contribution >= 4 is 42.8 Å². The summed E-state index contributed by atoms with van der Waals surface area (Å²) >= 11 is 7.58. The first-order chi connectivity index (χ1) is 14.5. The van der Waals surface area contributed by atoms with Crippen LogP contribution in [0.4, 0.5) is 0 Å². The zero-order valence-electron chi connectivity index (χ0n) is 17.3. The van der Waals surface area contributed by atoms with Crippen molar-refractivity contribution in [2.75, 3.05) is 12.8 Å². The van der Waals surface area contributed by atoms with Crippen LogP contribution < -0.4 is 0 Å². The molecule has 10 heteroatoms. The predicted molar refractivity (Wildman–Crippen MR) is 125 cm³/mol. The number of pyridine rings is 1. The van der Waals surface area contributed by atoms with Crippen LogP contribution in [0.3, 0.4) is 0 Å². The van der Waals surface area contributed by atoms with Gasteiger partial charge in [-0.05, 0) is 41.1 Å². The molecule has 2 aromatic heterocycles. The van der Waals surface area contributed by atoms with Crippen LogP contribution in [0.1, 0.15) is 18.7 Å². The van der Waals surface area contributed by atoms with Gasteiger partial charge in [0, 0.05) is 42.2 Å². The largest absolute Gasteiger partial charge is 0.263 e. The van der Waals surface area contributed by atoms with E-state index in [2.05, 4.69) is 4.98 Å². The maximum Gasteiger partial charge on any atom is 0.244 e. The first-order valence-electron chi connectivity index (χ1n) is 9.46. The van der Waals surface area contributed by atoms with Gasteiger partial charge in [0.2, 0.25) is 10.0 Å². The molecule has 0 radical (unpaired) electrons. The quantitative estimate of drug-likeness (QED) is 0.449. The van der Waals surface area contributed by atoms with Gasteiger partial charge in [-0.15, -0.1) is 11.3 Å². The fourth-order valence-corrected chi connectivity index (χ4v) is 6.67. The molecular weight excluding hydrogens is 476 g/mol. The Balaban J connectivity index is 1.93. The van der Waals surface area contributed by atoms with Crippen molar-refractivity contribution in [3.05, 3.63) is 64.1 Å². The third kappa shape index (κ3) is 5.72. The number of aromatic nitrogens is 1. The van der Waals surface area contributed by atoms with Gasteiger partial charge in [-0.3, -0.25) is 4.98 Å². The van der Waals surface area contributed by atoms with E-state index in [4.69, 9.17) is 11.6 Å². The molecule has 166 valence electrons. The van der Waals surface area contributed by atoms with E-state index < -0.39 is 19.9 Å². The van der Waals surface area contributed by atoms with Crippen molar-refractivity contribution in [2.45, 2.75) is 30.2 Å².